The summed E-state index contributed by atoms with van der Waals surface area (Å²) in [6.45, 7) is 0. The molecule has 1 amide bonds. The van der Waals surface area contributed by atoms with E-state index >= 15 is 0 Å². The summed E-state index contributed by atoms with van der Waals surface area (Å²) in [5.74, 6) is 0.450. The predicted octanol–water partition coefficient (Wildman–Crippen LogP) is 4.79. The number of aromatic nitrogens is 1. The number of nitrogens with zero attached hydrogens (tertiary/aromatic N) is 2. The molecule has 0 saturated carbocycles. The van der Waals surface area contributed by atoms with Crippen LogP contribution in [0, 0.1) is 0 Å². The molecule has 2 aromatic carbocycles. The molecule has 25 heavy (non-hydrogen) atoms. The summed E-state index contributed by atoms with van der Waals surface area (Å²) < 4.78 is 0.929. The molecule has 3 rings (SSSR count). The number of pyridine rings is 1. The summed E-state index contributed by atoms with van der Waals surface area (Å²) in [6, 6.07) is 21.5. The third-order valence-electron chi connectivity index (χ3n) is 3.85. The molecular formula is C20H18BrN3O. The van der Waals surface area contributed by atoms with Crippen LogP contribution in [0.15, 0.2) is 77.4 Å². The van der Waals surface area contributed by atoms with Crippen LogP contribution in [0.4, 0.5) is 17.2 Å². The lowest BCUT2D eigenvalue weighted by Crippen LogP contribution is -2.16. The van der Waals surface area contributed by atoms with Gasteiger partial charge in [0.1, 0.15) is 5.82 Å². The molecule has 1 aromatic heterocycles. The van der Waals surface area contributed by atoms with E-state index in [9.17, 15) is 4.79 Å². The Morgan fingerprint density at radius 3 is 2.40 bits per heavy atom. The second kappa shape index (κ2) is 7.94. The smallest absolute Gasteiger partial charge is 0.229 e. The molecule has 1 N–H and O–H groups in total. The van der Waals surface area contributed by atoms with Crippen LogP contribution < -0.4 is 10.2 Å². The number of nitrogens with one attached hydrogen (secondary N) is 1. The second-order valence-corrected chi connectivity index (χ2v) is 6.47. The number of carbonyl (C=O) groups is 1. The van der Waals surface area contributed by atoms with Crippen LogP contribution in [0.1, 0.15) is 5.56 Å². The van der Waals surface area contributed by atoms with Gasteiger partial charge >= 0.3 is 0 Å². The molecule has 1 heterocycles. The van der Waals surface area contributed by atoms with Gasteiger partial charge in [-0.1, -0.05) is 52.3 Å². The maximum Gasteiger partial charge on any atom is 0.229 e. The minimum Gasteiger partial charge on any atom is -0.343 e. The highest BCUT2D eigenvalue weighted by Gasteiger charge is 2.08. The fraction of sp³-hybridized carbons (Fsp3) is 0.100. The minimum absolute atomic E-state index is 0.0939. The maximum atomic E-state index is 12.2. The van der Waals surface area contributed by atoms with E-state index in [0.717, 1.165) is 21.4 Å². The van der Waals surface area contributed by atoms with Crippen molar-refractivity contribution >= 4 is 39.0 Å². The minimum atomic E-state index is -0.0939. The van der Waals surface area contributed by atoms with Crippen molar-refractivity contribution in [2.75, 3.05) is 17.3 Å². The Balaban J connectivity index is 1.64. The lowest BCUT2D eigenvalue weighted by Gasteiger charge is -2.19. The first-order chi connectivity index (χ1) is 12.1. The number of anilines is 3. The predicted molar refractivity (Wildman–Crippen MR) is 105 cm³/mol. The average molecular weight is 396 g/mol. The first-order valence-corrected chi connectivity index (χ1v) is 8.71. The van der Waals surface area contributed by atoms with Crippen molar-refractivity contribution in [2.45, 2.75) is 6.42 Å². The molecular weight excluding hydrogens is 378 g/mol. The van der Waals surface area contributed by atoms with E-state index in [1.807, 2.05) is 78.7 Å². The molecule has 0 atom stereocenters. The van der Waals surface area contributed by atoms with E-state index in [1.165, 1.54) is 0 Å². The lowest BCUT2D eigenvalue weighted by atomic mass is 10.1. The SMILES string of the molecule is CN(c1ccccc1)c1ccc(NC(=O)Cc2ccccc2Br)nc1. The van der Waals surface area contributed by atoms with Crippen LogP contribution in [0.3, 0.4) is 0 Å². The van der Waals surface area contributed by atoms with Gasteiger partial charge in [-0.25, -0.2) is 4.98 Å². The fourth-order valence-electron chi connectivity index (χ4n) is 2.46. The molecule has 0 saturated heterocycles. The average Bonchev–Trinajstić information content (AvgIpc) is 2.64. The highest BCUT2D eigenvalue weighted by Crippen LogP contribution is 2.23. The topological polar surface area (TPSA) is 45.2 Å². The number of rotatable bonds is 5. The zero-order chi connectivity index (χ0) is 17.6. The number of carbonyl (C=O) groups excluding carboxylic acids is 1. The Labute approximate surface area is 155 Å². The van der Waals surface area contributed by atoms with Crippen molar-refractivity contribution in [2.24, 2.45) is 0 Å². The van der Waals surface area contributed by atoms with Crippen LogP contribution in [0.25, 0.3) is 0 Å². The molecule has 126 valence electrons. The monoisotopic (exact) mass is 395 g/mol. The van der Waals surface area contributed by atoms with Crippen LogP contribution in [-0.2, 0) is 11.2 Å². The molecule has 0 unspecified atom stereocenters. The molecule has 0 aliphatic rings. The number of hydrogen-bond donors (Lipinski definition) is 1. The van der Waals surface area contributed by atoms with Gasteiger partial charge in [0.05, 0.1) is 18.3 Å². The van der Waals surface area contributed by atoms with Gasteiger partial charge in [-0.3, -0.25) is 4.79 Å². The van der Waals surface area contributed by atoms with Crippen molar-refractivity contribution in [1.82, 2.24) is 4.98 Å². The molecule has 4 nitrogen and oxygen atoms in total. The quantitative estimate of drug-likeness (QED) is 0.674. The Kier molecular flexibility index (Phi) is 5.46. The van der Waals surface area contributed by atoms with Crippen LogP contribution in [0.5, 0.6) is 0 Å². The molecule has 0 fully saturated rings. The van der Waals surface area contributed by atoms with Crippen LogP contribution in [-0.4, -0.2) is 17.9 Å². The normalized spacial score (nSPS) is 10.3. The molecule has 0 aliphatic heterocycles. The number of hydrogen-bond acceptors (Lipinski definition) is 3. The fourth-order valence-corrected chi connectivity index (χ4v) is 2.89. The van der Waals surface area contributed by atoms with E-state index in [1.54, 1.807) is 6.20 Å². The van der Waals surface area contributed by atoms with Crippen molar-refractivity contribution in [3.05, 3.63) is 83.0 Å². The molecule has 3 aromatic rings. The summed E-state index contributed by atoms with van der Waals surface area (Å²) in [7, 11) is 1.98. The van der Waals surface area contributed by atoms with Gasteiger partial charge < -0.3 is 10.2 Å². The van der Waals surface area contributed by atoms with Crippen molar-refractivity contribution in [1.29, 1.82) is 0 Å². The van der Waals surface area contributed by atoms with E-state index < -0.39 is 0 Å². The summed E-state index contributed by atoms with van der Waals surface area (Å²) in [5, 5.41) is 2.83. The molecule has 0 bridgehead atoms. The Hall–Kier alpha value is -2.66. The van der Waals surface area contributed by atoms with Crippen molar-refractivity contribution in [3.63, 3.8) is 0 Å². The van der Waals surface area contributed by atoms with E-state index in [0.29, 0.717) is 12.2 Å². The molecule has 5 heteroatoms. The first-order valence-electron chi connectivity index (χ1n) is 7.91. The van der Waals surface area contributed by atoms with Gasteiger partial charge in [0, 0.05) is 17.2 Å². The molecule has 0 spiro atoms. The summed E-state index contributed by atoms with van der Waals surface area (Å²) >= 11 is 3.46. The molecule has 0 aliphatic carbocycles. The Morgan fingerprint density at radius 2 is 1.72 bits per heavy atom. The summed E-state index contributed by atoms with van der Waals surface area (Å²) in [5.41, 5.74) is 2.98. The van der Waals surface area contributed by atoms with Gasteiger partial charge in [0.15, 0.2) is 0 Å². The van der Waals surface area contributed by atoms with Gasteiger partial charge in [0.25, 0.3) is 0 Å². The zero-order valence-electron chi connectivity index (χ0n) is 13.8. The van der Waals surface area contributed by atoms with Gasteiger partial charge in [-0.2, -0.15) is 0 Å². The van der Waals surface area contributed by atoms with Crippen LogP contribution in [0.2, 0.25) is 0 Å². The Bertz CT molecular complexity index is 850. The number of benzene rings is 2. The lowest BCUT2D eigenvalue weighted by molar-refractivity contribution is -0.115. The number of para-hydroxylation sites is 1. The highest BCUT2D eigenvalue weighted by molar-refractivity contribution is 9.10. The summed E-state index contributed by atoms with van der Waals surface area (Å²) in [4.78, 5) is 18.6. The first kappa shape index (κ1) is 17.2. The van der Waals surface area contributed by atoms with Gasteiger partial charge in [0.2, 0.25) is 5.91 Å². The second-order valence-electron chi connectivity index (χ2n) is 5.61. The number of amides is 1. The number of halogens is 1. The van der Waals surface area contributed by atoms with Gasteiger partial charge in [-0.15, -0.1) is 0 Å². The summed E-state index contributed by atoms with van der Waals surface area (Å²) in [6.07, 6.45) is 2.05. The highest BCUT2D eigenvalue weighted by atomic mass is 79.9. The third kappa shape index (κ3) is 4.45. The Morgan fingerprint density at radius 1 is 1.00 bits per heavy atom. The van der Waals surface area contributed by atoms with Crippen molar-refractivity contribution in [3.8, 4) is 0 Å². The van der Waals surface area contributed by atoms with Crippen molar-refractivity contribution < 1.29 is 4.79 Å². The molecule has 0 radical (unpaired) electrons. The largest absolute Gasteiger partial charge is 0.343 e. The van der Waals surface area contributed by atoms with E-state index in [-0.39, 0.29) is 5.91 Å². The van der Waals surface area contributed by atoms with E-state index in [2.05, 4.69) is 26.2 Å². The zero-order valence-corrected chi connectivity index (χ0v) is 15.4. The van der Waals surface area contributed by atoms with Crippen LogP contribution >= 0.6 is 15.9 Å². The maximum absolute atomic E-state index is 12.2. The van der Waals surface area contributed by atoms with E-state index in [4.69, 9.17) is 0 Å². The van der Waals surface area contributed by atoms with Gasteiger partial charge in [-0.05, 0) is 35.9 Å². The standard InChI is InChI=1S/C20H18BrN3O/c1-24(16-8-3-2-4-9-16)17-11-12-19(22-14-17)23-20(25)13-15-7-5-6-10-18(15)21/h2-12,14H,13H2,1H3,(H,22,23,25). The third-order valence-corrected chi connectivity index (χ3v) is 4.63.